The Morgan fingerprint density at radius 1 is 1.20 bits per heavy atom. The van der Waals surface area contributed by atoms with Crippen molar-refractivity contribution >= 4 is 17.6 Å². The van der Waals surface area contributed by atoms with E-state index in [0.717, 1.165) is 6.07 Å². The molecule has 30 heavy (non-hydrogen) atoms. The number of alkyl halides is 3. The van der Waals surface area contributed by atoms with Gasteiger partial charge in [0.1, 0.15) is 0 Å². The molecule has 0 saturated carbocycles. The first-order valence-corrected chi connectivity index (χ1v) is 8.79. The molecule has 0 bridgehead atoms. The first-order chi connectivity index (χ1) is 14.0. The molecule has 0 aromatic heterocycles. The minimum absolute atomic E-state index is 0.0142. The fraction of sp³-hybridized carbons (Fsp3) is 0.368. The van der Waals surface area contributed by atoms with Crippen LogP contribution < -0.4 is 5.32 Å². The lowest BCUT2D eigenvalue weighted by atomic mass is 9.80. The van der Waals surface area contributed by atoms with Gasteiger partial charge in [-0.25, -0.2) is 14.0 Å². The summed E-state index contributed by atoms with van der Waals surface area (Å²) in [4.78, 5) is 35.6. The summed E-state index contributed by atoms with van der Waals surface area (Å²) in [5.41, 5.74) is -0.446. The number of nitrogens with one attached hydrogen (secondary N) is 1. The van der Waals surface area contributed by atoms with Gasteiger partial charge in [-0.1, -0.05) is 12.1 Å². The molecule has 1 aromatic rings. The number of carbonyl (C=O) groups is 2. The van der Waals surface area contributed by atoms with E-state index in [-0.39, 0.29) is 34.8 Å². The van der Waals surface area contributed by atoms with Gasteiger partial charge in [0.05, 0.1) is 28.6 Å². The number of benzene rings is 1. The Hall–Kier alpha value is -3.37. The predicted octanol–water partition coefficient (Wildman–Crippen LogP) is 3.50. The maximum Gasteiger partial charge on any atom is 0.429 e. The molecule has 0 saturated heterocycles. The third kappa shape index (κ3) is 4.78. The van der Waals surface area contributed by atoms with Crippen LogP contribution in [-0.4, -0.2) is 36.3 Å². The Balaban J connectivity index is 2.68. The second-order valence-electron chi connectivity index (χ2n) is 6.37. The molecule has 162 valence electrons. The molecule has 0 spiro atoms. The number of allylic oxidation sites excluding steroid dienone is 2. The largest absolute Gasteiger partial charge is 0.463 e. The van der Waals surface area contributed by atoms with Crippen LogP contribution in [0.3, 0.4) is 0 Å². The number of nitro groups is 1. The molecule has 1 heterocycles. The lowest BCUT2D eigenvalue weighted by Crippen LogP contribution is -2.35. The average Bonchev–Trinajstić information content (AvgIpc) is 2.67. The van der Waals surface area contributed by atoms with Gasteiger partial charge >= 0.3 is 18.0 Å². The highest BCUT2D eigenvalue weighted by Crippen LogP contribution is 2.40. The Morgan fingerprint density at radius 3 is 2.33 bits per heavy atom. The van der Waals surface area contributed by atoms with Crippen molar-refractivity contribution in [2.75, 3.05) is 13.3 Å². The monoisotopic (exact) mass is 428 g/mol. The first kappa shape index (κ1) is 22.9. The van der Waals surface area contributed by atoms with E-state index in [4.69, 9.17) is 4.74 Å². The number of carbonyl (C=O) groups excluding carboxylic acids is 2. The Labute approximate surface area is 169 Å². The van der Waals surface area contributed by atoms with Gasteiger partial charge in [-0.05, 0) is 26.3 Å². The van der Waals surface area contributed by atoms with Crippen LogP contribution in [-0.2, 0) is 19.1 Å². The molecule has 0 radical (unpaired) electrons. The van der Waals surface area contributed by atoms with Gasteiger partial charge in [-0.2, -0.15) is 8.78 Å². The Kier molecular flexibility index (Phi) is 6.85. The molecule has 1 aliphatic heterocycles. The summed E-state index contributed by atoms with van der Waals surface area (Å²) < 4.78 is 48.3. The van der Waals surface area contributed by atoms with Crippen molar-refractivity contribution in [1.29, 1.82) is 0 Å². The zero-order valence-corrected chi connectivity index (χ0v) is 16.3. The van der Waals surface area contributed by atoms with Crippen LogP contribution >= 0.6 is 0 Å². The van der Waals surface area contributed by atoms with Gasteiger partial charge in [-0.15, -0.1) is 0 Å². The van der Waals surface area contributed by atoms with Crippen molar-refractivity contribution in [1.82, 2.24) is 5.32 Å². The molecule has 2 rings (SSSR count). The third-order valence-electron chi connectivity index (χ3n) is 4.29. The van der Waals surface area contributed by atoms with E-state index in [2.05, 4.69) is 10.1 Å². The zero-order chi connectivity index (χ0) is 22.6. The number of esters is 2. The predicted molar refractivity (Wildman–Crippen MR) is 98.0 cm³/mol. The van der Waals surface area contributed by atoms with Crippen LogP contribution in [0.15, 0.2) is 46.8 Å². The van der Waals surface area contributed by atoms with Crippen LogP contribution in [0.1, 0.15) is 32.3 Å². The van der Waals surface area contributed by atoms with Gasteiger partial charge < -0.3 is 14.8 Å². The number of nitro benzene ring substituents is 1. The summed E-state index contributed by atoms with van der Waals surface area (Å²) in [6.07, 6.45) is -4.38. The van der Waals surface area contributed by atoms with Gasteiger partial charge in [0, 0.05) is 23.5 Å². The molecule has 0 fully saturated rings. The highest BCUT2D eigenvalue weighted by atomic mass is 19.3. The second-order valence-corrected chi connectivity index (χ2v) is 6.37. The topological polar surface area (TPSA) is 108 Å². The van der Waals surface area contributed by atoms with E-state index < -0.39 is 41.1 Å². The van der Waals surface area contributed by atoms with Gasteiger partial charge in [0.25, 0.3) is 5.69 Å². The van der Waals surface area contributed by atoms with E-state index in [1.807, 2.05) is 0 Å². The molecule has 1 N–H and O–H groups in total. The quantitative estimate of drug-likeness (QED) is 0.402. The number of rotatable bonds is 7. The summed E-state index contributed by atoms with van der Waals surface area (Å²) in [7, 11) is 0. The SMILES string of the molecule is CCOC(=O)C1=C(C)NC(C)=C(C(=O)OC(F)(F)CF)C1c1cccc([N+](=O)[O-])c1. The van der Waals surface area contributed by atoms with Crippen LogP contribution in [0.2, 0.25) is 0 Å². The highest BCUT2D eigenvalue weighted by Gasteiger charge is 2.42. The Bertz CT molecular complexity index is 942. The zero-order valence-electron chi connectivity index (χ0n) is 16.3. The fourth-order valence-electron chi connectivity index (χ4n) is 3.11. The van der Waals surface area contributed by atoms with Crippen molar-refractivity contribution in [3.05, 3.63) is 62.5 Å². The number of hydrogen-bond donors (Lipinski definition) is 1. The number of ether oxygens (including phenoxy) is 2. The second kappa shape index (κ2) is 8.97. The summed E-state index contributed by atoms with van der Waals surface area (Å²) in [6, 6.07) is 5.01. The summed E-state index contributed by atoms with van der Waals surface area (Å²) in [6.45, 7) is 2.17. The first-order valence-electron chi connectivity index (χ1n) is 8.79. The van der Waals surface area contributed by atoms with Gasteiger partial charge in [-0.3, -0.25) is 10.1 Å². The van der Waals surface area contributed by atoms with Crippen molar-refractivity contribution in [3.63, 3.8) is 0 Å². The number of nitrogens with zero attached hydrogens (tertiary/aromatic N) is 1. The highest BCUT2D eigenvalue weighted by molar-refractivity contribution is 6.00. The van der Waals surface area contributed by atoms with Crippen LogP contribution in [0.4, 0.5) is 18.9 Å². The van der Waals surface area contributed by atoms with E-state index in [9.17, 15) is 32.9 Å². The van der Waals surface area contributed by atoms with Crippen molar-refractivity contribution < 1.29 is 37.2 Å². The van der Waals surface area contributed by atoms with Crippen LogP contribution in [0.5, 0.6) is 0 Å². The average molecular weight is 428 g/mol. The molecule has 11 heteroatoms. The molecule has 1 aliphatic rings. The molecule has 1 aromatic carbocycles. The van der Waals surface area contributed by atoms with E-state index in [1.54, 1.807) is 6.92 Å². The number of non-ortho nitro benzene ring substituents is 1. The minimum Gasteiger partial charge on any atom is -0.463 e. The van der Waals surface area contributed by atoms with Crippen molar-refractivity contribution in [2.45, 2.75) is 32.8 Å². The molecule has 1 atom stereocenters. The summed E-state index contributed by atoms with van der Waals surface area (Å²) in [5, 5.41) is 13.9. The summed E-state index contributed by atoms with van der Waals surface area (Å²) in [5.74, 6) is -3.74. The van der Waals surface area contributed by atoms with Crippen LogP contribution in [0.25, 0.3) is 0 Å². The smallest absolute Gasteiger partial charge is 0.429 e. The molecule has 0 aliphatic carbocycles. The molecule has 8 nitrogen and oxygen atoms in total. The standard InChI is InChI=1S/C19H19F3N2O6/c1-4-29-17(25)14-10(2)23-11(3)15(18(26)30-19(21,22)9-20)16(14)12-6-5-7-13(8-12)24(27)28/h5-8,16,23H,4,9H2,1-3H3. The van der Waals surface area contributed by atoms with Crippen LogP contribution in [0, 0.1) is 10.1 Å². The summed E-state index contributed by atoms with van der Waals surface area (Å²) >= 11 is 0. The van der Waals surface area contributed by atoms with Gasteiger partial charge in [0.2, 0.25) is 0 Å². The fourth-order valence-corrected chi connectivity index (χ4v) is 3.11. The number of dihydropyridines is 1. The minimum atomic E-state index is -4.38. The van der Waals surface area contributed by atoms with E-state index in [0.29, 0.717) is 0 Å². The van der Waals surface area contributed by atoms with E-state index >= 15 is 0 Å². The molecule has 1 unspecified atom stereocenters. The lowest BCUT2D eigenvalue weighted by molar-refractivity contribution is -0.384. The maximum absolute atomic E-state index is 13.4. The van der Waals surface area contributed by atoms with Crippen molar-refractivity contribution in [3.8, 4) is 0 Å². The number of hydrogen-bond acceptors (Lipinski definition) is 7. The lowest BCUT2D eigenvalue weighted by Gasteiger charge is -2.30. The normalized spacial score (nSPS) is 16.8. The Morgan fingerprint density at radius 2 is 1.80 bits per heavy atom. The van der Waals surface area contributed by atoms with E-state index in [1.165, 1.54) is 32.0 Å². The van der Waals surface area contributed by atoms with Crippen molar-refractivity contribution in [2.24, 2.45) is 0 Å². The molecular formula is C19H19F3N2O6. The third-order valence-corrected chi connectivity index (χ3v) is 4.29. The number of halogens is 3. The maximum atomic E-state index is 13.4. The van der Waals surface area contributed by atoms with Gasteiger partial charge in [0.15, 0.2) is 6.67 Å². The molecule has 0 amide bonds. The molecular weight excluding hydrogens is 409 g/mol.